The van der Waals surface area contributed by atoms with Gasteiger partial charge in [0.05, 0.1) is 17.7 Å². The summed E-state index contributed by atoms with van der Waals surface area (Å²) < 4.78 is 16.2. The molecule has 0 saturated carbocycles. The van der Waals surface area contributed by atoms with E-state index in [0.29, 0.717) is 32.9 Å². The monoisotopic (exact) mass is 434 g/mol. The summed E-state index contributed by atoms with van der Waals surface area (Å²) in [5.74, 6) is 0.387. The van der Waals surface area contributed by atoms with Crippen LogP contribution < -0.4 is 15.2 Å². The molecule has 150 valence electrons. The zero-order valence-electron chi connectivity index (χ0n) is 15.2. The molecule has 0 amide bonds. The van der Waals surface area contributed by atoms with Crippen LogP contribution in [0.5, 0.6) is 11.5 Å². The Labute approximate surface area is 176 Å². The molecule has 0 aliphatic carbocycles. The minimum atomic E-state index is -0.821. The number of hydrogen-bond donors (Lipinski definition) is 1. The Morgan fingerprint density at radius 3 is 2.66 bits per heavy atom. The van der Waals surface area contributed by atoms with Crippen molar-refractivity contribution in [2.75, 3.05) is 7.11 Å². The lowest BCUT2D eigenvalue weighted by atomic mass is 10.2. The van der Waals surface area contributed by atoms with Crippen LogP contribution in [0.4, 0.5) is 0 Å². The summed E-state index contributed by atoms with van der Waals surface area (Å²) in [5, 5.41) is 4.53. The number of para-hydroxylation sites is 1. The summed E-state index contributed by atoms with van der Waals surface area (Å²) in [6.45, 7) is 0.0854. The molecule has 9 heteroatoms. The third kappa shape index (κ3) is 5.22. The maximum Gasteiger partial charge on any atom is 0.400 e. The van der Waals surface area contributed by atoms with Gasteiger partial charge in [0.15, 0.2) is 5.84 Å². The van der Waals surface area contributed by atoms with Crippen LogP contribution in [0.2, 0.25) is 10.0 Å². The van der Waals surface area contributed by atoms with Crippen LogP contribution in [0.1, 0.15) is 21.9 Å². The summed E-state index contributed by atoms with van der Waals surface area (Å²) in [7, 11) is 1.47. The molecule has 2 aromatic carbocycles. The highest BCUT2D eigenvalue weighted by atomic mass is 35.5. The average molecular weight is 435 g/mol. The van der Waals surface area contributed by atoms with E-state index in [4.69, 9.17) is 47.7 Å². The molecule has 7 nitrogen and oxygen atoms in total. The van der Waals surface area contributed by atoms with Crippen LogP contribution >= 0.6 is 23.2 Å². The Morgan fingerprint density at radius 1 is 1.10 bits per heavy atom. The molecule has 3 aromatic rings. The van der Waals surface area contributed by atoms with Crippen LogP contribution in [-0.4, -0.2) is 18.9 Å². The summed E-state index contributed by atoms with van der Waals surface area (Å²) in [6.07, 6.45) is 0. The van der Waals surface area contributed by atoms with Gasteiger partial charge in [0.1, 0.15) is 23.9 Å². The number of carbonyl (C=O) groups is 1. The van der Waals surface area contributed by atoms with Gasteiger partial charge in [0.2, 0.25) is 5.76 Å². The van der Waals surface area contributed by atoms with E-state index >= 15 is 0 Å². The van der Waals surface area contributed by atoms with Crippen LogP contribution in [0.25, 0.3) is 0 Å². The smallest absolute Gasteiger partial charge is 0.400 e. The fourth-order valence-electron chi connectivity index (χ4n) is 2.34. The molecule has 0 spiro atoms. The van der Waals surface area contributed by atoms with Gasteiger partial charge in [-0.05, 0) is 42.5 Å². The van der Waals surface area contributed by atoms with E-state index in [0.717, 1.165) is 0 Å². The third-order valence-corrected chi connectivity index (χ3v) is 4.28. The van der Waals surface area contributed by atoms with Crippen molar-refractivity contribution < 1.29 is 23.5 Å². The van der Waals surface area contributed by atoms with E-state index in [2.05, 4.69) is 5.16 Å². The van der Waals surface area contributed by atoms with Gasteiger partial charge >= 0.3 is 5.97 Å². The third-order valence-electron chi connectivity index (χ3n) is 3.73. The second kappa shape index (κ2) is 9.36. The van der Waals surface area contributed by atoms with Crippen molar-refractivity contribution in [2.24, 2.45) is 10.9 Å². The first-order chi connectivity index (χ1) is 14.0. The number of halogens is 2. The van der Waals surface area contributed by atoms with Crippen molar-refractivity contribution in [1.82, 2.24) is 0 Å². The molecule has 0 aliphatic heterocycles. The lowest BCUT2D eigenvalue weighted by Crippen LogP contribution is -2.16. The Kier molecular flexibility index (Phi) is 6.64. The topological polar surface area (TPSA) is 96.3 Å². The van der Waals surface area contributed by atoms with Gasteiger partial charge in [-0.2, -0.15) is 0 Å². The number of methoxy groups -OCH3 is 1. The fourth-order valence-corrected chi connectivity index (χ4v) is 2.70. The number of amidine groups is 1. The molecule has 0 radical (unpaired) electrons. The van der Waals surface area contributed by atoms with Crippen molar-refractivity contribution in [3.63, 3.8) is 0 Å². The first-order valence-corrected chi connectivity index (χ1v) is 9.08. The minimum Gasteiger partial charge on any atom is -0.496 e. The zero-order valence-corrected chi connectivity index (χ0v) is 16.7. The van der Waals surface area contributed by atoms with Gasteiger partial charge in [-0.3, -0.25) is 0 Å². The number of oxime groups is 1. The molecule has 0 bridgehead atoms. The first kappa shape index (κ1) is 20.6. The highest BCUT2D eigenvalue weighted by Gasteiger charge is 2.15. The van der Waals surface area contributed by atoms with E-state index in [-0.39, 0.29) is 18.2 Å². The van der Waals surface area contributed by atoms with Gasteiger partial charge in [-0.25, -0.2) is 4.79 Å². The number of rotatable bonds is 7. The van der Waals surface area contributed by atoms with Gasteiger partial charge in [-0.1, -0.05) is 40.5 Å². The molecular formula is C20H16Cl2N2O5. The summed E-state index contributed by atoms with van der Waals surface area (Å²) in [6, 6.07) is 14.9. The van der Waals surface area contributed by atoms with Crippen molar-refractivity contribution in [2.45, 2.75) is 6.61 Å². The standard InChI is InChI=1S/C20H16Cl2N2O5/c1-26-16-8-6-12(21)10-14(16)19(23)24-29-20(25)18-9-7-13(28-18)11-27-17-5-3-2-4-15(17)22/h2-10H,11H2,1H3,(H2,23,24). The Hall–Kier alpha value is -3.16. The van der Waals surface area contributed by atoms with E-state index < -0.39 is 5.97 Å². The quantitative estimate of drug-likeness (QED) is 0.251. The second-order valence-corrected chi connectivity index (χ2v) is 6.53. The molecule has 29 heavy (non-hydrogen) atoms. The highest BCUT2D eigenvalue weighted by molar-refractivity contribution is 6.32. The van der Waals surface area contributed by atoms with Crippen LogP contribution in [0.15, 0.2) is 64.2 Å². The maximum atomic E-state index is 12.1. The lowest BCUT2D eigenvalue weighted by molar-refractivity contribution is 0.0475. The number of carbonyl (C=O) groups excluding carboxylic acids is 1. The maximum absolute atomic E-state index is 12.1. The van der Waals surface area contributed by atoms with Gasteiger partial charge in [0.25, 0.3) is 0 Å². The minimum absolute atomic E-state index is 0.0580. The van der Waals surface area contributed by atoms with E-state index in [1.165, 1.54) is 13.2 Å². The molecule has 1 aromatic heterocycles. The molecule has 0 atom stereocenters. The molecular weight excluding hydrogens is 419 g/mol. The summed E-state index contributed by atoms with van der Waals surface area (Å²) in [5.41, 5.74) is 6.26. The lowest BCUT2D eigenvalue weighted by Gasteiger charge is -2.07. The molecule has 3 rings (SSSR count). The molecule has 2 N–H and O–H groups in total. The largest absolute Gasteiger partial charge is 0.496 e. The fraction of sp³-hybridized carbons (Fsp3) is 0.100. The predicted octanol–water partition coefficient (Wildman–Crippen LogP) is 4.65. The molecule has 0 saturated heterocycles. The second-order valence-electron chi connectivity index (χ2n) is 5.68. The Bertz CT molecular complexity index is 1050. The summed E-state index contributed by atoms with van der Waals surface area (Å²) >= 11 is 12.0. The number of furan rings is 1. The first-order valence-electron chi connectivity index (χ1n) is 8.32. The van der Waals surface area contributed by atoms with Crippen molar-refractivity contribution >= 4 is 35.0 Å². The van der Waals surface area contributed by atoms with Gasteiger partial charge < -0.3 is 24.5 Å². The van der Waals surface area contributed by atoms with E-state index in [9.17, 15) is 4.79 Å². The summed E-state index contributed by atoms with van der Waals surface area (Å²) in [4.78, 5) is 17.0. The number of ether oxygens (including phenoxy) is 2. The molecule has 0 aliphatic rings. The van der Waals surface area contributed by atoms with Crippen molar-refractivity contribution in [3.8, 4) is 11.5 Å². The van der Waals surface area contributed by atoms with E-state index in [1.54, 1.807) is 48.5 Å². The molecule has 1 heterocycles. The zero-order chi connectivity index (χ0) is 20.8. The van der Waals surface area contributed by atoms with Crippen LogP contribution in [-0.2, 0) is 11.4 Å². The normalized spacial score (nSPS) is 11.2. The van der Waals surface area contributed by atoms with Crippen LogP contribution in [0.3, 0.4) is 0 Å². The number of benzene rings is 2. The molecule has 0 fully saturated rings. The number of hydrogen-bond acceptors (Lipinski definition) is 6. The number of nitrogens with zero attached hydrogens (tertiary/aromatic N) is 1. The number of nitrogens with two attached hydrogens (primary N) is 1. The Morgan fingerprint density at radius 2 is 1.90 bits per heavy atom. The van der Waals surface area contributed by atoms with Crippen molar-refractivity contribution in [1.29, 1.82) is 0 Å². The van der Waals surface area contributed by atoms with Crippen LogP contribution in [0, 0.1) is 0 Å². The van der Waals surface area contributed by atoms with Crippen molar-refractivity contribution in [3.05, 3.63) is 81.7 Å². The predicted molar refractivity (Wildman–Crippen MR) is 109 cm³/mol. The van der Waals surface area contributed by atoms with Gasteiger partial charge in [0, 0.05) is 5.02 Å². The molecule has 0 unspecified atom stereocenters. The highest BCUT2D eigenvalue weighted by Crippen LogP contribution is 2.25. The van der Waals surface area contributed by atoms with Gasteiger partial charge in [-0.15, -0.1) is 0 Å². The SMILES string of the molecule is COc1ccc(Cl)cc1/C(N)=N/OC(=O)c1ccc(COc2ccccc2Cl)o1. The Balaban J connectivity index is 1.64. The average Bonchev–Trinajstić information content (AvgIpc) is 3.20. The van der Waals surface area contributed by atoms with E-state index in [1.807, 2.05) is 0 Å².